The maximum atomic E-state index is 13.9. The van der Waals surface area contributed by atoms with Crippen molar-refractivity contribution in [3.8, 4) is 10.6 Å². The minimum absolute atomic E-state index is 0.0873. The second-order valence-corrected chi connectivity index (χ2v) is 9.94. The van der Waals surface area contributed by atoms with Gasteiger partial charge in [-0.25, -0.2) is 9.67 Å². The Bertz CT molecular complexity index is 1130. The summed E-state index contributed by atoms with van der Waals surface area (Å²) in [5.74, 6) is 0.0213. The maximum Gasteiger partial charge on any atom is 0.255 e. The van der Waals surface area contributed by atoms with Crippen LogP contribution in [-0.4, -0.2) is 62.1 Å². The lowest BCUT2D eigenvalue weighted by Gasteiger charge is -2.37. The number of hydrogen-bond donors (Lipinski definition) is 0. The van der Waals surface area contributed by atoms with Gasteiger partial charge in [-0.3, -0.25) is 9.59 Å². The van der Waals surface area contributed by atoms with Crippen molar-refractivity contribution in [2.24, 2.45) is 0 Å². The highest BCUT2D eigenvalue weighted by atomic mass is 32.1. The first-order chi connectivity index (χ1) is 15.5. The largest absolute Gasteiger partial charge is 0.341 e. The highest BCUT2D eigenvalue weighted by molar-refractivity contribution is 7.13. The first-order valence-electron chi connectivity index (χ1n) is 11.6. The van der Waals surface area contributed by atoms with Gasteiger partial charge < -0.3 is 9.80 Å². The quantitative estimate of drug-likeness (QED) is 0.591. The summed E-state index contributed by atoms with van der Waals surface area (Å²) in [5, 5.41) is 7.30. The predicted octanol–water partition coefficient (Wildman–Crippen LogP) is 4.36. The van der Waals surface area contributed by atoms with Crippen molar-refractivity contribution in [2.75, 3.05) is 19.6 Å². The first-order valence-corrected chi connectivity index (χ1v) is 12.4. The molecule has 3 aromatic rings. The van der Waals surface area contributed by atoms with E-state index in [0.29, 0.717) is 17.8 Å². The number of nitrogens with zero attached hydrogens (tertiary/aromatic N) is 5. The molecule has 0 aliphatic carbocycles. The number of pyridine rings is 1. The lowest BCUT2D eigenvalue weighted by Crippen LogP contribution is -2.52. The van der Waals surface area contributed by atoms with E-state index >= 15 is 0 Å². The molecule has 0 aromatic carbocycles. The van der Waals surface area contributed by atoms with Gasteiger partial charge in [0.1, 0.15) is 6.04 Å². The second kappa shape index (κ2) is 8.65. The van der Waals surface area contributed by atoms with Gasteiger partial charge >= 0.3 is 0 Å². The number of carbonyl (C=O) groups excluding carboxylic acids is 2. The molecular weight excluding hydrogens is 422 g/mol. The molecule has 2 fully saturated rings. The summed E-state index contributed by atoms with van der Waals surface area (Å²) in [5.41, 5.74) is 2.08. The minimum atomic E-state index is -0.372. The van der Waals surface area contributed by atoms with Crippen molar-refractivity contribution in [1.82, 2.24) is 24.6 Å². The molecule has 0 N–H and O–H groups in total. The standard InChI is InChI=1S/C24H29N5O2S/c1-16(2)29-22-18(15-25-29)17(14-19(26-22)21-9-7-13-32-21)23(30)28-12-4-3-8-20(28)24(31)27-10-5-6-11-27/h7,9,13-16,20H,3-6,8,10-12H2,1-2H3/t20-/m0/s1. The van der Waals surface area contributed by atoms with E-state index < -0.39 is 0 Å². The fraction of sp³-hybridized carbons (Fsp3) is 0.500. The normalized spacial score (nSPS) is 19.3. The lowest BCUT2D eigenvalue weighted by atomic mass is 9.99. The summed E-state index contributed by atoms with van der Waals surface area (Å²) in [6.45, 7) is 6.34. The van der Waals surface area contributed by atoms with Gasteiger partial charge in [-0.1, -0.05) is 6.07 Å². The summed E-state index contributed by atoms with van der Waals surface area (Å²) < 4.78 is 1.87. The molecule has 8 heteroatoms. The number of thiophene rings is 1. The third-order valence-corrected chi connectivity index (χ3v) is 7.42. The van der Waals surface area contributed by atoms with Crippen LogP contribution in [0.1, 0.15) is 62.4 Å². The van der Waals surface area contributed by atoms with Crippen LogP contribution in [-0.2, 0) is 4.79 Å². The van der Waals surface area contributed by atoms with E-state index in [1.165, 1.54) is 0 Å². The molecule has 0 bridgehead atoms. The summed E-state index contributed by atoms with van der Waals surface area (Å²) in [6, 6.07) is 5.64. The molecule has 5 rings (SSSR count). The molecule has 1 atom stereocenters. The van der Waals surface area contributed by atoms with Gasteiger partial charge in [0.2, 0.25) is 5.91 Å². The zero-order chi connectivity index (χ0) is 22.2. The summed E-state index contributed by atoms with van der Waals surface area (Å²) in [6.07, 6.45) is 6.48. The Kier molecular flexibility index (Phi) is 5.71. The highest BCUT2D eigenvalue weighted by Crippen LogP contribution is 2.31. The number of rotatable bonds is 4. The molecule has 0 radical (unpaired) electrons. The third-order valence-electron chi connectivity index (χ3n) is 6.53. The monoisotopic (exact) mass is 451 g/mol. The topological polar surface area (TPSA) is 71.3 Å². The van der Waals surface area contributed by atoms with Crippen LogP contribution in [0, 0.1) is 0 Å². The van der Waals surface area contributed by atoms with Crippen LogP contribution >= 0.6 is 11.3 Å². The number of fused-ring (bicyclic) bond motifs is 1. The Balaban J connectivity index is 1.57. The van der Waals surface area contributed by atoms with Crippen LogP contribution in [0.5, 0.6) is 0 Å². The van der Waals surface area contributed by atoms with Crippen molar-refractivity contribution >= 4 is 34.2 Å². The molecule has 32 heavy (non-hydrogen) atoms. The number of amides is 2. The Morgan fingerprint density at radius 1 is 1.12 bits per heavy atom. The molecule has 0 unspecified atom stereocenters. The van der Waals surface area contributed by atoms with E-state index in [4.69, 9.17) is 4.98 Å². The van der Waals surface area contributed by atoms with Crippen LogP contribution in [0.25, 0.3) is 21.6 Å². The van der Waals surface area contributed by atoms with Crippen molar-refractivity contribution in [3.63, 3.8) is 0 Å². The zero-order valence-electron chi connectivity index (χ0n) is 18.7. The van der Waals surface area contributed by atoms with E-state index in [1.54, 1.807) is 17.5 Å². The van der Waals surface area contributed by atoms with Gasteiger partial charge in [-0.2, -0.15) is 5.10 Å². The van der Waals surface area contributed by atoms with Crippen molar-refractivity contribution in [3.05, 3.63) is 35.3 Å². The van der Waals surface area contributed by atoms with Gasteiger partial charge in [-0.05, 0) is 63.5 Å². The number of carbonyl (C=O) groups is 2. The van der Waals surface area contributed by atoms with Crippen LogP contribution in [0.2, 0.25) is 0 Å². The van der Waals surface area contributed by atoms with E-state index in [0.717, 1.165) is 61.2 Å². The van der Waals surface area contributed by atoms with Crippen molar-refractivity contribution in [1.29, 1.82) is 0 Å². The molecule has 2 aliphatic heterocycles. The van der Waals surface area contributed by atoms with Gasteiger partial charge in [0.05, 0.1) is 27.7 Å². The average molecular weight is 452 g/mol. The van der Waals surface area contributed by atoms with Crippen LogP contribution in [0.3, 0.4) is 0 Å². The molecule has 168 valence electrons. The molecule has 5 heterocycles. The smallest absolute Gasteiger partial charge is 0.255 e. The van der Waals surface area contributed by atoms with Crippen LogP contribution in [0.15, 0.2) is 29.8 Å². The predicted molar refractivity (Wildman–Crippen MR) is 126 cm³/mol. The molecule has 2 amide bonds. The minimum Gasteiger partial charge on any atom is -0.341 e. The lowest BCUT2D eigenvalue weighted by molar-refractivity contribution is -0.136. The summed E-state index contributed by atoms with van der Waals surface area (Å²) in [4.78, 5) is 36.8. The Hall–Kier alpha value is -2.74. The Morgan fingerprint density at radius 3 is 2.62 bits per heavy atom. The molecule has 0 spiro atoms. The van der Waals surface area contributed by atoms with Crippen LogP contribution < -0.4 is 0 Å². The Morgan fingerprint density at radius 2 is 1.91 bits per heavy atom. The number of piperidine rings is 1. The number of likely N-dealkylation sites (tertiary alicyclic amines) is 2. The second-order valence-electron chi connectivity index (χ2n) is 9.00. The molecule has 3 aromatic heterocycles. The zero-order valence-corrected chi connectivity index (χ0v) is 19.5. The van der Waals surface area contributed by atoms with Gasteiger partial charge in [0.25, 0.3) is 5.91 Å². The van der Waals surface area contributed by atoms with E-state index in [1.807, 2.05) is 38.1 Å². The van der Waals surface area contributed by atoms with Gasteiger partial charge in [0.15, 0.2) is 5.65 Å². The number of aromatic nitrogens is 3. The van der Waals surface area contributed by atoms with Crippen LogP contribution in [0.4, 0.5) is 0 Å². The fourth-order valence-electron chi connectivity index (χ4n) is 4.86. The maximum absolute atomic E-state index is 13.9. The molecule has 2 aliphatic rings. The molecule has 7 nitrogen and oxygen atoms in total. The first kappa shape index (κ1) is 21.1. The Labute approximate surface area is 192 Å². The molecule has 0 saturated carbocycles. The number of hydrogen-bond acceptors (Lipinski definition) is 5. The molecular formula is C24H29N5O2S. The highest BCUT2D eigenvalue weighted by Gasteiger charge is 2.36. The van der Waals surface area contributed by atoms with Crippen molar-refractivity contribution < 1.29 is 9.59 Å². The third kappa shape index (κ3) is 3.70. The van der Waals surface area contributed by atoms with E-state index in [2.05, 4.69) is 18.9 Å². The summed E-state index contributed by atoms with van der Waals surface area (Å²) >= 11 is 1.60. The van der Waals surface area contributed by atoms with Crippen molar-refractivity contribution in [2.45, 2.75) is 58.0 Å². The fourth-order valence-corrected chi connectivity index (χ4v) is 5.54. The molecule has 2 saturated heterocycles. The van der Waals surface area contributed by atoms with E-state index in [9.17, 15) is 9.59 Å². The van der Waals surface area contributed by atoms with E-state index in [-0.39, 0.29) is 23.9 Å². The van der Waals surface area contributed by atoms with Gasteiger partial charge in [-0.15, -0.1) is 11.3 Å². The van der Waals surface area contributed by atoms with Gasteiger partial charge in [0, 0.05) is 25.7 Å². The summed E-state index contributed by atoms with van der Waals surface area (Å²) in [7, 11) is 0. The average Bonchev–Trinajstić information content (AvgIpc) is 3.58. The SMILES string of the molecule is CC(C)n1ncc2c(C(=O)N3CCCC[C@H]3C(=O)N3CCCC3)cc(-c3cccs3)nc21.